The highest BCUT2D eigenvalue weighted by molar-refractivity contribution is 5.85. The summed E-state index contributed by atoms with van der Waals surface area (Å²) in [5.41, 5.74) is 8.59. The fourth-order valence-corrected chi connectivity index (χ4v) is 2.08. The fraction of sp³-hybridized carbons (Fsp3) is 0.235. The van der Waals surface area contributed by atoms with Gasteiger partial charge in [0.15, 0.2) is 0 Å². The van der Waals surface area contributed by atoms with Crippen LogP contribution in [-0.4, -0.2) is 19.6 Å². The van der Waals surface area contributed by atoms with Crippen LogP contribution < -0.4 is 15.8 Å². The van der Waals surface area contributed by atoms with E-state index in [1.807, 2.05) is 42.5 Å². The molecule has 5 heteroatoms. The molecule has 0 bridgehead atoms. The Morgan fingerprint density at radius 3 is 2.50 bits per heavy atom. The molecule has 0 radical (unpaired) electrons. The summed E-state index contributed by atoms with van der Waals surface area (Å²) in [6.07, 6.45) is 0.357. The van der Waals surface area contributed by atoms with Gasteiger partial charge in [-0.15, -0.1) is 12.4 Å². The molecule has 1 amide bonds. The second-order valence-corrected chi connectivity index (χ2v) is 4.75. The van der Waals surface area contributed by atoms with Crippen molar-refractivity contribution in [2.24, 2.45) is 5.73 Å². The second kappa shape index (κ2) is 9.07. The smallest absolute Gasteiger partial charge is 0.221 e. The van der Waals surface area contributed by atoms with Crippen molar-refractivity contribution in [2.45, 2.75) is 13.0 Å². The number of amides is 1. The second-order valence-electron chi connectivity index (χ2n) is 4.75. The van der Waals surface area contributed by atoms with Crippen molar-refractivity contribution in [2.75, 3.05) is 13.7 Å². The molecule has 0 fully saturated rings. The van der Waals surface area contributed by atoms with Crippen molar-refractivity contribution in [3.8, 4) is 16.9 Å². The number of benzene rings is 2. The molecule has 0 unspecified atom stereocenters. The number of nitrogens with two attached hydrogens (primary N) is 1. The number of halogens is 1. The van der Waals surface area contributed by atoms with Gasteiger partial charge in [-0.1, -0.05) is 30.3 Å². The molecule has 3 N–H and O–H groups in total. The van der Waals surface area contributed by atoms with Crippen LogP contribution in [0.15, 0.2) is 48.5 Å². The Hall–Kier alpha value is -2.04. The summed E-state index contributed by atoms with van der Waals surface area (Å²) in [6, 6.07) is 16.0. The third-order valence-electron chi connectivity index (χ3n) is 3.19. The standard InChI is InChI=1S/C17H20N2O2.ClH/c1-21-16-7-3-6-15(11-16)14-5-2-4-13(10-14)12-19-17(20)8-9-18;/h2-7,10-11H,8-9,12,18H2,1H3,(H,19,20);1H. The minimum Gasteiger partial charge on any atom is -0.497 e. The number of rotatable bonds is 6. The molecule has 2 aromatic carbocycles. The zero-order chi connectivity index (χ0) is 15.1. The summed E-state index contributed by atoms with van der Waals surface area (Å²) < 4.78 is 5.24. The van der Waals surface area contributed by atoms with Crippen molar-refractivity contribution in [3.05, 3.63) is 54.1 Å². The number of ether oxygens (including phenoxy) is 1. The topological polar surface area (TPSA) is 64.3 Å². The summed E-state index contributed by atoms with van der Waals surface area (Å²) in [4.78, 5) is 11.4. The fourth-order valence-electron chi connectivity index (χ4n) is 2.08. The van der Waals surface area contributed by atoms with Crippen LogP contribution in [0.2, 0.25) is 0 Å². The Balaban J connectivity index is 0.00000242. The van der Waals surface area contributed by atoms with Crippen LogP contribution in [0.3, 0.4) is 0 Å². The van der Waals surface area contributed by atoms with E-state index in [9.17, 15) is 4.79 Å². The lowest BCUT2D eigenvalue weighted by molar-refractivity contribution is -0.121. The Kier molecular flexibility index (Phi) is 7.43. The summed E-state index contributed by atoms with van der Waals surface area (Å²) in [5, 5.41) is 2.86. The van der Waals surface area contributed by atoms with Crippen molar-refractivity contribution >= 4 is 18.3 Å². The third-order valence-corrected chi connectivity index (χ3v) is 3.19. The number of hydrogen-bond donors (Lipinski definition) is 2. The van der Waals surface area contributed by atoms with E-state index in [1.54, 1.807) is 7.11 Å². The van der Waals surface area contributed by atoms with Crippen LogP contribution in [-0.2, 0) is 11.3 Å². The van der Waals surface area contributed by atoms with Crippen LogP contribution in [0.4, 0.5) is 0 Å². The average molecular weight is 321 g/mol. The molecule has 0 aliphatic rings. The highest BCUT2D eigenvalue weighted by atomic mass is 35.5. The summed E-state index contributed by atoms with van der Waals surface area (Å²) in [6.45, 7) is 0.881. The van der Waals surface area contributed by atoms with Crippen LogP contribution in [0.25, 0.3) is 11.1 Å². The van der Waals surface area contributed by atoms with E-state index in [0.717, 1.165) is 22.4 Å². The van der Waals surface area contributed by atoms with Gasteiger partial charge in [0.05, 0.1) is 7.11 Å². The molecule has 22 heavy (non-hydrogen) atoms. The number of hydrogen-bond acceptors (Lipinski definition) is 3. The van der Waals surface area contributed by atoms with Crippen molar-refractivity contribution < 1.29 is 9.53 Å². The molecular formula is C17H21ClN2O2. The van der Waals surface area contributed by atoms with Crippen LogP contribution in [0.1, 0.15) is 12.0 Å². The first-order valence-corrected chi connectivity index (χ1v) is 6.93. The van der Waals surface area contributed by atoms with Gasteiger partial charge in [0.1, 0.15) is 5.75 Å². The quantitative estimate of drug-likeness (QED) is 0.860. The molecule has 0 atom stereocenters. The molecule has 0 spiro atoms. The van der Waals surface area contributed by atoms with E-state index >= 15 is 0 Å². The lowest BCUT2D eigenvalue weighted by atomic mass is 10.0. The largest absolute Gasteiger partial charge is 0.497 e. The average Bonchev–Trinajstić information content (AvgIpc) is 2.53. The minimum absolute atomic E-state index is 0. The molecule has 0 saturated carbocycles. The Morgan fingerprint density at radius 2 is 1.82 bits per heavy atom. The molecule has 2 rings (SSSR count). The van der Waals surface area contributed by atoms with Crippen molar-refractivity contribution in [3.63, 3.8) is 0 Å². The van der Waals surface area contributed by atoms with Crippen molar-refractivity contribution in [1.82, 2.24) is 5.32 Å². The first-order chi connectivity index (χ1) is 10.2. The Bertz CT molecular complexity index is 617. The first kappa shape index (κ1) is 18.0. The molecule has 0 heterocycles. The van der Waals surface area contributed by atoms with Gasteiger partial charge >= 0.3 is 0 Å². The van der Waals surface area contributed by atoms with E-state index in [0.29, 0.717) is 19.5 Å². The predicted molar refractivity (Wildman–Crippen MR) is 91.2 cm³/mol. The van der Waals surface area contributed by atoms with E-state index in [-0.39, 0.29) is 18.3 Å². The highest BCUT2D eigenvalue weighted by Gasteiger charge is 2.03. The van der Waals surface area contributed by atoms with Gasteiger partial charge in [-0.2, -0.15) is 0 Å². The molecular weight excluding hydrogens is 300 g/mol. The van der Waals surface area contributed by atoms with Gasteiger partial charge in [0, 0.05) is 19.5 Å². The lowest BCUT2D eigenvalue weighted by Crippen LogP contribution is -2.24. The van der Waals surface area contributed by atoms with Crippen LogP contribution in [0, 0.1) is 0 Å². The van der Waals surface area contributed by atoms with Gasteiger partial charge in [-0.05, 0) is 34.9 Å². The van der Waals surface area contributed by atoms with E-state index in [4.69, 9.17) is 10.5 Å². The monoisotopic (exact) mass is 320 g/mol. The zero-order valence-corrected chi connectivity index (χ0v) is 13.4. The van der Waals surface area contributed by atoms with E-state index in [2.05, 4.69) is 11.4 Å². The van der Waals surface area contributed by atoms with E-state index < -0.39 is 0 Å². The predicted octanol–water partition coefficient (Wildman–Crippen LogP) is 2.75. The molecule has 0 aromatic heterocycles. The summed E-state index contributed by atoms with van der Waals surface area (Å²) in [5.74, 6) is 0.804. The number of methoxy groups -OCH3 is 1. The van der Waals surface area contributed by atoms with Crippen molar-refractivity contribution in [1.29, 1.82) is 0 Å². The van der Waals surface area contributed by atoms with Gasteiger partial charge in [-0.3, -0.25) is 4.79 Å². The Labute approximate surface area is 137 Å². The van der Waals surface area contributed by atoms with E-state index in [1.165, 1.54) is 0 Å². The zero-order valence-electron chi connectivity index (χ0n) is 12.5. The minimum atomic E-state index is -0.0238. The maximum atomic E-state index is 11.4. The van der Waals surface area contributed by atoms with Crippen LogP contribution >= 0.6 is 12.4 Å². The highest BCUT2D eigenvalue weighted by Crippen LogP contribution is 2.24. The SMILES string of the molecule is COc1cccc(-c2cccc(CNC(=O)CCN)c2)c1.Cl. The Morgan fingerprint density at radius 1 is 1.14 bits per heavy atom. The molecule has 4 nitrogen and oxygen atoms in total. The number of carbonyl (C=O) groups is 1. The lowest BCUT2D eigenvalue weighted by Gasteiger charge is -2.08. The molecule has 118 valence electrons. The maximum absolute atomic E-state index is 11.4. The van der Waals surface area contributed by atoms with Gasteiger partial charge < -0.3 is 15.8 Å². The first-order valence-electron chi connectivity index (χ1n) is 6.93. The number of carbonyl (C=O) groups excluding carboxylic acids is 1. The van der Waals surface area contributed by atoms with Gasteiger partial charge in [-0.25, -0.2) is 0 Å². The van der Waals surface area contributed by atoms with Crippen LogP contribution in [0.5, 0.6) is 5.75 Å². The molecule has 2 aromatic rings. The molecule has 0 aliphatic carbocycles. The molecule has 0 saturated heterocycles. The summed E-state index contributed by atoms with van der Waals surface area (Å²) >= 11 is 0. The summed E-state index contributed by atoms with van der Waals surface area (Å²) in [7, 11) is 1.66. The normalized spacial score (nSPS) is 9.73. The van der Waals surface area contributed by atoms with Gasteiger partial charge in [0.25, 0.3) is 0 Å². The molecule has 0 aliphatic heterocycles. The number of nitrogens with one attached hydrogen (secondary N) is 1. The maximum Gasteiger partial charge on any atom is 0.221 e. The van der Waals surface area contributed by atoms with Gasteiger partial charge in [0.2, 0.25) is 5.91 Å². The third kappa shape index (κ3) is 5.06.